The van der Waals surface area contributed by atoms with E-state index in [0.29, 0.717) is 26.3 Å². The Morgan fingerprint density at radius 3 is 2.67 bits per heavy atom. The second-order valence-electron chi connectivity index (χ2n) is 3.75. The molecule has 1 aromatic rings. The van der Waals surface area contributed by atoms with Gasteiger partial charge in [0.2, 0.25) is 0 Å². The van der Waals surface area contributed by atoms with Crippen LogP contribution in [0.1, 0.15) is 10.5 Å². The van der Waals surface area contributed by atoms with Crippen molar-refractivity contribution in [3.05, 3.63) is 18.0 Å². The van der Waals surface area contributed by atoms with Crippen molar-refractivity contribution in [2.24, 2.45) is 0 Å². The van der Waals surface area contributed by atoms with Crippen LogP contribution >= 0.6 is 0 Å². The van der Waals surface area contributed by atoms with Gasteiger partial charge in [-0.15, -0.1) is 4.83 Å². The molecule has 0 unspecified atom stereocenters. The van der Waals surface area contributed by atoms with Crippen molar-refractivity contribution in [1.29, 1.82) is 0 Å². The maximum absolute atomic E-state index is 11.9. The summed E-state index contributed by atoms with van der Waals surface area (Å²) in [6, 6.07) is 1.07. The number of hydrogen-bond acceptors (Lipinski definition) is 5. The fourth-order valence-electron chi connectivity index (χ4n) is 1.53. The van der Waals surface area contributed by atoms with Gasteiger partial charge in [0.1, 0.15) is 10.6 Å². The molecule has 2 rings (SSSR count). The standard InChI is InChI=1S/C9H13N3O5S/c13-9(14)8-5-7(6-10-8)18(15,16)11-12-1-3-17-4-2-12/h5-6,10-11H,1-4H2,(H,13,14). The predicted octanol–water partition coefficient (Wildman–Crippen LogP) is -0.762. The molecule has 100 valence electrons. The van der Waals surface area contributed by atoms with Gasteiger partial charge in [-0.25, -0.2) is 18.2 Å². The fraction of sp³-hybridized carbons (Fsp3) is 0.444. The first-order valence-electron chi connectivity index (χ1n) is 5.26. The van der Waals surface area contributed by atoms with Gasteiger partial charge in [0.05, 0.1) is 13.2 Å². The van der Waals surface area contributed by atoms with Crippen molar-refractivity contribution in [3.63, 3.8) is 0 Å². The van der Waals surface area contributed by atoms with Gasteiger partial charge in [-0.1, -0.05) is 0 Å². The second-order valence-corrected chi connectivity index (χ2v) is 5.41. The first-order chi connectivity index (χ1) is 8.49. The molecule has 9 heteroatoms. The number of hydrogen-bond donors (Lipinski definition) is 3. The summed E-state index contributed by atoms with van der Waals surface area (Å²) in [5.41, 5.74) is -0.169. The van der Waals surface area contributed by atoms with Crippen molar-refractivity contribution in [1.82, 2.24) is 14.8 Å². The van der Waals surface area contributed by atoms with E-state index in [-0.39, 0.29) is 10.6 Å². The summed E-state index contributed by atoms with van der Waals surface area (Å²) in [7, 11) is -3.75. The summed E-state index contributed by atoms with van der Waals surface area (Å²) in [5, 5.41) is 10.2. The van der Waals surface area contributed by atoms with E-state index in [2.05, 4.69) is 9.82 Å². The van der Waals surface area contributed by atoms with Crippen LogP contribution in [0.2, 0.25) is 0 Å². The van der Waals surface area contributed by atoms with Gasteiger partial charge in [0.15, 0.2) is 0 Å². The number of rotatable bonds is 4. The Hall–Kier alpha value is -1.42. The van der Waals surface area contributed by atoms with Crippen LogP contribution in [0.15, 0.2) is 17.2 Å². The molecule has 1 saturated heterocycles. The number of aromatic nitrogens is 1. The maximum atomic E-state index is 11.9. The third kappa shape index (κ3) is 2.88. The van der Waals surface area contributed by atoms with E-state index in [1.165, 1.54) is 5.01 Å². The zero-order chi connectivity index (χ0) is 13.2. The van der Waals surface area contributed by atoms with Gasteiger partial charge in [-0.2, -0.15) is 0 Å². The van der Waals surface area contributed by atoms with E-state index < -0.39 is 16.0 Å². The summed E-state index contributed by atoms with van der Waals surface area (Å²) >= 11 is 0. The van der Waals surface area contributed by atoms with Crippen LogP contribution in [0.25, 0.3) is 0 Å². The topological polar surface area (TPSA) is 112 Å². The molecule has 0 aromatic carbocycles. The van der Waals surface area contributed by atoms with Crippen molar-refractivity contribution in [2.45, 2.75) is 4.90 Å². The lowest BCUT2D eigenvalue weighted by atomic mass is 10.4. The zero-order valence-corrected chi connectivity index (χ0v) is 10.2. The summed E-state index contributed by atoms with van der Waals surface area (Å²) in [6.45, 7) is 1.82. The number of hydrazine groups is 1. The number of nitrogens with one attached hydrogen (secondary N) is 2. The average Bonchev–Trinajstić information content (AvgIpc) is 2.79. The summed E-state index contributed by atoms with van der Waals surface area (Å²) in [6.07, 6.45) is 1.15. The van der Waals surface area contributed by atoms with E-state index in [4.69, 9.17) is 9.84 Å². The van der Waals surface area contributed by atoms with Gasteiger partial charge in [0.25, 0.3) is 10.0 Å². The molecule has 0 atom stereocenters. The lowest BCUT2D eigenvalue weighted by molar-refractivity contribution is 0.0272. The number of carboxylic acid groups (broad SMARTS) is 1. The Morgan fingerprint density at radius 2 is 2.11 bits per heavy atom. The molecule has 0 amide bonds. The normalized spacial score (nSPS) is 17.8. The van der Waals surface area contributed by atoms with Crippen LogP contribution in [-0.4, -0.2) is 55.8 Å². The Bertz CT molecular complexity index is 532. The van der Waals surface area contributed by atoms with Crippen molar-refractivity contribution in [2.75, 3.05) is 26.3 Å². The lowest BCUT2D eigenvalue weighted by Crippen LogP contribution is -2.48. The SMILES string of the molecule is O=C(O)c1cc(S(=O)(=O)NN2CCOCC2)c[nH]1. The molecule has 2 heterocycles. The molecule has 0 saturated carbocycles. The van der Waals surface area contributed by atoms with Crippen LogP contribution in [0, 0.1) is 0 Å². The molecule has 8 nitrogen and oxygen atoms in total. The molecule has 1 aliphatic rings. The highest BCUT2D eigenvalue weighted by molar-refractivity contribution is 7.89. The number of morpholine rings is 1. The molecule has 0 spiro atoms. The van der Waals surface area contributed by atoms with Crippen molar-refractivity contribution < 1.29 is 23.1 Å². The first kappa shape index (κ1) is 13.0. The van der Waals surface area contributed by atoms with Crippen LogP contribution in [0.5, 0.6) is 0 Å². The van der Waals surface area contributed by atoms with Crippen LogP contribution in [0.4, 0.5) is 0 Å². The number of sulfonamides is 1. The molecule has 3 N–H and O–H groups in total. The van der Waals surface area contributed by atoms with Gasteiger partial charge in [0, 0.05) is 19.3 Å². The summed E-state index contributed by atoms with van der Waals surface area (Å²) in [4.78, 5) is 15.3. The van der Waals surface area contributed by atoms with E-state index in [9.17, 15) is 13.2 Å². The van der Waals surface area contributed by atoms with E-state index >= 15 is 0 Å². The summed E-state index contributed by atoms with van der Waals surface area (Å²) < 4.78 is 29.0. The minimum absolute atomic E-state index is 0.105. The fourth-order valence-corrected chi connectivity index (χ4v) is 2.65. The van der Waals surface area contributed by atoms with Gasteiger partial charge >= 0.3 is 5.97 Å². The highest BCUT2D eigenvalue weighted by atomic mass is 32.2. The Balaban J connectivity index is 2.11. The monoisotopic (exact) mass is 275 g/mol. The number of carboxylic acids is 1. The number of ether oxygens (including phenoxy) is 1. The molecular weight excluding hydrogens is 262 g/mol. The van der Waals surface area contributed by atoms with Gasteiger partial charge in [-0.05, 0) is 6.07 Å². The maximum Gasteiger partial charge on any atom is 0.352 e. The number of aromatic amines is 1. The average molecular weight is 275 g/mol. The quantitative estimate of drug-likeness (QED) is 0.666. The Morgan fingerprint density at radius 1 is 1.44 bits per heavy atom. The molecule has 1 aromatic heterocycles. The Labute approximate surface area is 104 Å². The van der Waals surface area contributed by atoms with Crippen LogP contribution in [0.3, 0.4) is 0 Å². The molecule has 0 radical (unpaired) electrons. The van der Waals surface area contributed by atoms with Crippen molar-refractivity contribution >= 4 is 16.0 Å². The minimum Gasteiger partial charge on any atom is -0.477 e. The molecule has 0 bridgehead atoms. The number of carbonyl (C=O) groups is 1. The minimum atomic E-state index is -3.75. The highest BCUT2D eigenvalue weighted by Gasteiger charge is 2.22. The van der Waals surface area contributed by atoms with Crippen LogP contribution in [-0.2, 0) is 14.8 Å². The molecule has 18 heavy (non-hydrogen) atoms. The predicted molar refractivity (Wildman–Crippen MR) is 60.5 cm³/mol. The van der Waals surface area contributed by atoms with E-state index in [0.717, 1.165) is 12.3 Å². The van der Waals surface area contributed by atoms with E-state index in [1.54, 1.807) is 0 Å². The van der Waals surface area contributed by atoms with E-state index in [1.807, 2.05) is 0 Å². The smallest absolute Gasteiger partial charge is 0.352 e. The largest absolute Gasteiger partial charge is 0.477 e. The van der Waals surface area contributed by atoms with Gasteiger partial charge in [-0.3, -0.25) is 0 Å². The molecule has 1 aliphatic heterocycles. The van der Waals surface area contributed by atoms with Gasteiger partial charge < -0.3 is 14.8 Å². The first-order valence-corrected chi connectivity index (χ1v) is 6.74. The molecule has 1 fully saturated rings. The Kier molecular flexibility index (Phi) is 3.66. The third-order valence-electron chi connectivity index (χ3n) is 2.46. The zero-order valence-electron chi connectivity index (χ0n) is 9.42. The number of aromatic carboxylic acids is 1. The number of H-pyrrole nitrogens is 1. The molecule has 0 aliphatic carbocycles. The highest BCUT2D eigenvalue weighted by Crippen LogP contribution is 2.11. The molecular formula is C9H13N3O5S. The van der Waals surface area contributed by atoms with Crippen molar-refractivity contribution in [3.8, 4) is 0 Å². The lowest BCUT2D eigenvalue weighted by Gasteiger charge is -2.26. The second kappa shape index (κ2) is 5.06. The third-order valence-corrected chi connectivity index (χ3v) is 3.81. The van der Waals surface area contributed by atoms with Crippen LogP contribution < -0.4 is 4.83 Å². The number of nitrogens with zero attached hydrogens (tertiary/aromatic N) is 1. The summed E-state index contributed by atoms with van der Waals surface area (Å²) in [5.74, 6) is -1.21.